The van der Waals surface area contributed by atoms with E-state index in [-0.39, 0.29) is 86.0 Å². The monoisotopic (exact) mass is 663 g/mol. The lowest BCUT2D eigenvalue weighted by atomic mass is 9.83. The van der Waals surface area contributed by atoms with Crippen LogP contribution in [-0.2, 0) is 0 Å². The predicted molar refractivity (Wildman–Crippen MR) is 216 cm³/mol. The van der Waals surface area contributed by atoms with E-state index in [1.54, 1.807) is 103 Å². The van der Waals surface area contributed by atoms with E-state index in [4.69, 9.17) is 19.5 Å². The van der Waals surface area contributed by atoms with E-state index in [9.17, 15) is 5.48 Å². The molecular formula is C50H32O. The maximum absolute atomic E-state index is 9.59. The third kappa shape index (κ3) is 4.86. The lowest BCUT2D eigenvalue weighted by Crippen LogP contribution is -1.93. The van der Waals surface area contributed by atoms with Crippen molar-refractivity contribution in [3.8, 4) is 55.6 Å². The fraction of sp³-hybridized carbons (Fsp3) is 0. The third-order valence-corrected chi connectivity index (χ3v) is 9.22. The van der Waals surface area contributed by atoms with Gasteiger partial charge in [0.05, 0.1) is 20.6 Å². The molecule has 10 rings (SSSR count). The van der Waals surface area contributed by atoms with Crippen molar-refractivity contribution in [1.82, 2.24) is 0 Å². The van der Waals surface area contributed by atoms with Crippen LogP contribution in [0.3, 0.4) is 0 Å². The topological polar surface area (TPSA) is 13.1 Å². The summed E-state index contributed by atoms with van der Waals surface area (Å²) in [5.41, 5.74) is 2.31. The van der Waals surface area contributed by atoms with Crippen molar-refractivity contribution >= 4 is 43.5 Å². The molecule has 0 fully saturated rings. The Morgan fingerprint density at radius 2 is 0.882 bits per heavy atom. The summed E-state index contributed by atoms with van der Waals surface area (Å²) < 4.78 is 140. The Morgan fingerprint density at radius 3 is 1.57 bits per heavy atom. The summed E-state index contributed by atoms with van der Waals surface area (Å²) in [7, 11) is 0. The van der Waals surface area contributed by atoms with Crippen molar-refractivity contribution in [3.63, 3.8) is 0 Å². The van der Waals surface area contributed by atoms with Crippen molar-refractivity contribution in [2.24, 2.45) is 0 Å². The fourth-order valence-electron chi connectivity index (χ4n) is 6.97. The summed E-state index contributed by atoms with van der Waals surface area (Å²) in [6, 6.07) is 23.4. The van der Waals surface area contributed by atoms with Crippen LogP contribution >= 0.6 is 0 Å². The second kappa shape index (κ2) is 12.0. The highest BCUT2D eigenvalue weighted by molar-refractivity contribution is 6.26. The maximum atomic E-state index is 9.59. The molecule has 0 amide bonds. The van der Waals surface area contributed by atoms with E-state index in [0.29, 0.717) is 49.4 Å². The Balaban J connectivity index is 1.32. The van der Waals surface area contributed by atoms with Gasteiger partial charge in [0.2, 0.25) is 0 Å². The smallest absolute Gasteiger partial charge is 0.136 e. The van der Waals surface area contributed by atoms with E-state index in [2.05, 4.69) is 0 Å². The van der Waals surface area contributed by atoms with Crippen LogP contribution in [0.5, 0.6) is 0 Å². The standard InChI is InChI=1S/C50H32O/c1-3-14-33(15-4-1)35-26-28-36(29-27-35)38-18-7-8-19-39(38)48-40-20-9-11-22-42(40)49(43-23-12-10-21-41(43)48)44-24-13-25-47-50(44)45-32-37(30-31-46(45)51-47)34-16-5-2-6-17-34/h1-32H/i1D,3D,4D,7D,8D,13D,14D,15D,18D,19D,24D,25D,30D,31D,32D. The first-order valence-corrected chi connectivity index (χ1v) is 16.3. The lowest BCUT2D eigenvalue weighted by molar-refractivity contribution is 0.669. The molecule has 0 aliphatic rings. The first-order valence-electron chi connectivity index (χ1n) is 23.8. The molecule has 238 valence electrons. The van der Waals surface area contributed by atoms with Gasteiger partial charge in [0.25, 0.3) is 0 Å². The number of rotatable bonds is 5. The Hall–Kier alpha value is -6.70. The molecule has 0 saturated heterocycles. The molecule has 1 heteroatoms. The van der Waals surface area contributed by atoms with Crippen molar-refractivity contribution in [2.45, 2.75) is 0 Å². The van der Waals surface area contributed by atoms with Gasteiger partial charge >= 0.3 is 0 Å². The van der Waals surface area contributed by atoms with Crippen LogP contribution in [0.15, 0.2) is 198 Å². The summed E-state index contributed by atoms with van der Waals surface area (Å²) in [5, 5.41) is 2.25. The number of hydrogen-bond donors (Lipinski definition) is 0. The van der Waals surface area contributed by atoms with Gasteiger partial charge in [-0.3, -0.25) is 0 Å². The Kier molecular flexibility index (Phi) is 4.19. The molecule has 1 heterocycles. The third-order valence-electron chi connectivity index (χ3n) is 9.22. The molecule has 0 aliphatic heterocycles. The molecule has 0 spiro atoms. The van der Waals surface area contributed by atoms with Crippen LogP contribution in [0, 0.1) is 0 Å². The highest BCUT2D eigenvalue weighted by Gasteiger charge is 2.21. The van der Waals surface area contributed by atoms with Crippen LogP contribution in [0.1, 0.15) is 20.6 Å². The average molecular weight is 664 g/mol. The summed E-state index contributed by atoms with van der Waals surface area (Å²) >= 11 is 0. The number of fused-ring (bicyclic) bond motifs is 5. The molecule has 0 saturated carbocycles. The molecule has 0 aliphatic carbocycles. The largest absolute Gasteiger partial charge is 0.456 e. The first kappa shape index (κ1) is 17.8. The molecule has 1 aromatic heterocycles. The summed E-state index contributed by atoms with van der Waals surface area (Å²) in [6.07, 6.45) is 0. The molecular weight excluding hydrogens is 617 g/mol. The van der Waals surface area contributed by atoms with Crippen LogP contribution in [0.4, 0.5) is 0 Å². The minimum Gasteiger partial charge on any atom is -0.456 e. The molecule has 9 aromatic carbocycles. The zero-order valence-corrected chi connectivity index (χ0v) is 26.7. The molecule has 10 aromatic rings. The molecule has 0 N–H and O–H groups in total. The molecule has 1 nitrogen and oxygen atoms in total. The number of furan rings is 1. The zero-order valence-electron chi connectivity index (χ0n) is 41.7. The van der Waals surface area contributed by atoms with E-state index in [1.807, 2.05) is 0 Å². The minimum absolute atomic E-state index is 0.0224. The molecule has 51 heavy (non-hydrogen) atoms. The van der Waals surface area contributed by atoms with Crippen molar-refractivity contribution < 1.29 is 25.0 Å². The quantitative estimate of drug-likeness (QED) is 0.167. The van der Waals surface area contributed by atoms with Gasteiger partial charge in [-0.05, 0) is 95.3 Å². The van der Waals surface area contributed by atoms with E-state index < -0.39 is 54.4 Å². The Labute approximate surface area is 317 Å². The average Bonchev–Trinajstić information content (AvgIpc) is 3.73. The van der Waals surface area contributed by atoms with E-state index >= 15 is 0 Å². The predicted octanol–water partition coefficient (Wildman–Crippen LogP) is 14.2. The highest BCUT2D eigenvalue weighted by atomic mass is 16.3. The Morgan fingerprint density at radius 1 is 0.333 bits per heavy atom. The van der Waals surface area contributed by atoms with Crippen LogP contribution in [0.25, 0.3) is 99.1 Å². The fourth-order valence-corrected chi connectivity index (χ4v) is 6.97. The van der Waals surface area contributed by atoms with Gasteiger partial charge in [-0.15, -0.1) is 0 Å². The number of hydrogen-bond acceptors (Lipinski definition) is 1. The maximum Gasteiger partial charge on any atom is 0.136 e. The van der Waals surface area contributed by atoms with Crippen molar-refractivity contribution in [3.05, 3.63) is 194 Å². The summed E-state index contributed by atoms with van der Waals surface area (Å²) in [4.78, 5) is 0. The van der Waals surface area contributed by atoms with Gasteiger partial charge in [0.15, 0.2) is 0 Å². The van der Waals surface area contributed by atoms with Crippen LogP contribution in [0.2, 0.25) is 0 Å². The van der Waals surface area contributed by atoms with Gasteiger partial charge in [-0.1, -0.05) is 176 Å². The molecule has 0 radical (unpaired) electrons. The first-order chi connectivity index (χ1) is 31.6. The summed E-state index contributed by atoms with van der Waals surface area (Å²) in [6.45, 7) is 0. The SMILES string of the molecule is [2H]c1c([2H])c([2H])c(-c2ccc(-c3c([2H])c([2H])c([2H])c([2H])c3-c3c4ccccc4c(-c4c([2H])c([2H])c([2H])c5oc6c([2H])c([2H])c(-c7ccccc7)c([2H])c6c45)c4ccccc34)cc2)c([2H])c1[2H]. The Bertz CT molecular complexity index is 3660. The van der Waals surface area contributed by atoms with Gasteiger partial charge < -0.3 is 4.42 Å². The molecule has 0 bridgehead atoms. The molecule has 0 atom stereocenters. The summed E-state index contributed by atoms with van der Waals surface area (Å²) in [5.74, 6) is 0. The number of benzene rings is 9. The van der Waals surface area contributed by atoms with Crippen LogP contribution in [-0.4, -0.2) is 0 Å². The molecule has 0 unspecified atom stereocenters. The second-order valence-electron chi connectivity index (χ2n) is 12.0. The van der Waals surface area contributed by atoms with Gasteiger partial charge in [0, 0.05) is 10.8 Å². The van der Waals surface area contributed by atoms with Gasteiger partial charge in [-0.2, -0.15) is 0 Å². The second-order valence-corrected chi connectivity index (χ2v) is 12.0. The minimum atomic E-state index is -0.529. The van der Waals surface area contributed by atoms with Crippen molar-refractivity contribution in [1.29, 1.82) is 0 Å². The normalized spacial score (nSPS) is 15.6. The van der Waals surface area contributed by atoms with E-state index in [0.717, 1.165) is 0 Å². The van der Waals surface area contributed by atoms with Crippen molar-refractivity contribution in [2.75, 3.05) is 0 Å². The van der Waals surface area contributed by atoms with E-state index in [1.165, 1.54) is 0 Å². The highest BCUT2D eigenvalue weighted by Crippen LogP contribution is 2.48. The van der Waals surface area contributed by atoms with Gasteiger partial charge in [0.1, 0.15) is 11.2 Å². The zero-order chi connectivity index (χ0) is 46.8. The lowest BCUT2D eigenvalue weighted by Gasteiger charge is -2.20. The van der Waals surface area contributed by atoms with Crippen LogP contribution < -0.4 is 0 Å². The van der Waals surface area contributed by atoms with Gasteiger partial charge in [-0.25, -0.2) is 0 Å².